The first-order chi connectivity index (χ1) is 15.6. The van der Waals surface area contributed by atoms with Gasteiger partial charge in [0.15, 0.2) is 0 Å². The molecular weight excluding hydrogens is 396 g/mol. The molecule has 2 aromatic heterocycles. The van der Waals surface area contributed by atoms with Crippen LogP contribution in [0.25, 0.3) is 22.0 Å². The third-order valence-corrected chi connectivity index (χ3v) is 6.02. The lowest BCUT2D eigenvalue weighted by molar-refractivity contribution is 0.302. The first kappa shape index (κ1) is 20.3. The Kier molecular flexibility index (Phi) is 5.17. The van der Waals surface area contributed by atoms with Gasteiger partial charge in [-0.25, -0.2) is 0 Å². The number of allylic oxidation sites excluding steroid dienone is 1. The Morgan fingerprint density at radius 1 is 1.12 bits per heavy atom. The Morgan fingerprint density at radius 3 is 2.78 bits per heavy atom. The number of nitrogens with zero attached hydrogens (tertiary/aromatic N) is 3. The van der Waals surface area contributed by atoms with Crippen LogP contribution in [0, 0.1) is 0 Å². The summed E-state index contributed by atoms with van der Waals surface area (Å²) >= 11 is 0. The highest BCUT2D eigenvalue weighted by Crippen LogP contribution is 2.44. The topological polar surface area (TPSA) is 66.0 Å². The van der Waals surface area contributed by atoms with Crippen molar-refractivity contribution in [3.8, 4) is 5.75 Å². The summed E-state index contributed by atoms with van der Waals surface area (Å²) in [6.07, 6.45) is 5.73. The van der Waals surface area contributed by atoms with Crippen molar-refractivity contribution in [2.75, 3.05) is 5.73 Å². The van der Waals surface area contributed by atoms with Gasteiger partial charge in [-0.05, 0) is 61.2 Å². The number of benzene rings is 2. The molecular formula is C27H28N4O. The van der Waals surface area contributed by atoms with Crippen molar-refractivity contribution in [2.45, 2.75) is 46.3 Å². The molecule has 1 aliphatic heterocycles. The summed E-state index contributed by atoms with van der Waals surface area (Å²) in [5.74, 6) is 0.866. The van der Waals surface area contributed by atoms with E-state index in [0.29, 0.717) is 6.61 Å². The Labute approximate surface area is 188 Å². The van der Waals surface area contributed by atoms with E-state index in [9.17, 15) is 0 Å². The fraction of sp³-hybridized carbons (Fsp3) is 0.259. The molecule has 0 unspecified atom stereocenters. The van der Waals surface area contributed by atoms with Crippen LogP contribution < -0.4 is 10.5 Å². The van der Waals surface area contributed by atoms with Crippen LogP contribution in [0.1, 0.15) is 62.0 Å². The summed E-state index contributed by atoms with van der Waals surface area (Å²) in [5.41, 5.74) is 14.7. The Hall–Kier alpha value is -3.60. The fourth-order valence-corrected chi connectivity index (χ4v) is 4.59. The SMILES string of the molecule is CCCC(=C1c2cc3cnn(C(C)C)c3cc2OCc2ncccc21)c1cccc(N)c1. The van der Waals surface area contributed by atoms with Crippen LogP contribution in [-0.2, 0) is 6.61 Å². The predicted octanol–water partition coefficient (Wildman–Crippen LogP) is 6.25. The molecule has 162 valence electrons. The molecule has 0 saturated heterocycles. The summed E-state index contributed by atoms with van der Waals surface area (Å²) in [6, 6.07) is 16.9. The van der Waals surface area contributed by atoms with E-state index in [2.05, 4.69) is 61.2 Å². The molecule has 0 radical (unpaired) electrons. The molecule has 5 heteroatoms. The summed E-state index contributed by atoms with van der Waals surface area (Å²) in [5, 5.41) is 5.73. The molecule has 0 fully saturated rings. The Morgan fingerprint density at radius 2 is 2.00 bits per heavy atom. The maximum Gasteiger partial charge on any atom is 0.131 e. The number of aromatic nitrogens is 3. The average molecular weight is 425 g/mol. The zero-order valence-corrected chi connectivity index (χ0v) is 18.8. The number of fused-ring (bicyclic) bond motifs is 3. The molecule has 32 heavy (non-hydrogen) atoms. The molecule has 5 nitrogen and oxygen atoms in total. The lowest BCUT2D eigenvalue weighted by Gasteiger charge is -2.18. The number of hydrogen-bond donors (Lipinski definition) is 1. The summed E-state index contributed by atoms with van der Waals surface area (Å²) in [7, 11) is 0. The molecule has 2 aromatic carbocycles. The number of nitrogens with two attached hydrogens (primary N) is 1. The van der Waals surface area contributed by atoms with E-state index in [1.165, 1.54) is 11.1 Å². The number of hydrogen-bond acceptors (Lipinski definition) is 4. The van der Waals surface area contributed by atoms with Crippen molar-refractivity contribution >= 4 is 27.7 Å². The lowest BCUT2D eigenvalue weighted by Crippen LogP contribution is -2.02. The zero-order chi connectivity index (χ0) is 22.2. The predicted molar refractivity (Wildman–Crippen MR) is 130 cm³/mol. The van der Waals surface area contributed by atoms with Gasteiger partial charge in [0.2, 0.25) is 0 Å². The average Bonchev–Trinajstić information content (AvgIpc) is 3.13. The van der Waals surface area contributed by atoms with Crippen LogP contribution in [-0.4, -0.2) is 14.8 Å². The van der Waals surface area contributed by atoms with Crippen LogP contribution in [0.4, 0.5) is 5.69 Å². The van der Waals surface area contributed by atoms with Gasteiger partial charge in [0, 0.05) is 40.5 Å². The van der Waals surface area contributed by atoms with Crippen LogP contribution in [0.3, 0.4) is 0 Å². The van der Waals surface area contributed by atoms with Gasteiger partial charge in [-0.1, -0.05) is 31.5 Å². The summed E-state index contributed by atoms with van der Waals surface area (Å²) < 4.78 is 8.39. The van der Waals surface area contributed by atoms with E-state index in [0.717, 1.165) is 57.6 Å². The van der Waals surface area contributed by atoms with E-state index in [1.807, 2.05) is 35.3 Å². The van der Waals surface area contributed by atoms with Crippen molar-refractivity contribution in [2.24, 2.45) is 0 Å². The van der Waals surface area contributed by atoms with Crippen molar-refractivity contribution in [3.05, 3.63) is 83.3 Å². The molecule has 4 aromatic rings. The van der Waals surface area contributed by atoms with Crippen LogP contribution >= 0.6 is 0 Å². The molecule has 0 amide bonds. The zero-order valence-electron chi connectivity index (χ0n) is 18.8. The van der Waals surface area contributed by atoms with Gasteiger partial charge in [0.1, 0.15) is 12.4 Å². The van der Waals surface area contributed by atoms with Gasteiger partial charge in [-0.3, -0.25) is 9.67 Å². The molecule has 0 spiro atoms. The second-order valence-electron chi connectivity index (χ2n) is 8.61. The fourth-order valence-electron chi connectivity index (χ4n) is 4.59. The van der Waals surface area contributed by atoms with Crippen molar-refractivity contribution in [1.82, 2.24) is 14.8 Å². The first-order valence-corrected chi connectivity index (χ1v) is 11.2. The summed E-state index contributed by atoms with van der Waals surface area (Å²) in [4.78, 5) is 4.67. The minimum atomic E-state index is 0.271. The van der Waals surface area contributed by atoms with Crippen molar-refractivity contribution < 1.29 is 4.74 Å². The van der Waals surface area contributed by atoms with Crippen molar-refractivity contribution in [3.63, 3.8) is 0 Å². The standard InChI is InChI=1S/C27H28N4O/c1-4-7-21(18-8-5-9-20(28)12-18)27-22-10-6-11-29-24(22)16-32-26-14-25-19(13-23(26)27)15-30-31(25)17(2)3/h5-6,8-15,17H,4,7,16,28H2,1-3H3. The van der Waals surface area contributed by atoms with Gasteiger partial charge >= 0.3 is 0 Å². The lowest BCUT2D eigenvalue weighted by atomic mass is 9.86. The van der Waals surface area contributed by atoms with Gasteiger partial charge in [-0.15, -0.1) is 0 Å². The molecule has 2 N–H and O–H groups in total. The van der Waals surface area contributed by atoms with Crippen LogP contribution in [0.15, 0.2) is 60.9 Å². The third kappa shape index (κ3) is 3.44. The van der Waals surface area contributed by atoms with Gasteiger partial charge in [0.25, 0.3) is 0 Å². The monoisotopic (exact) mass is 424 g/mol. The number of pyridine rings is 1. The number of anilines is 1. The second kappa shape index (κ2) is 8.15. The van der Waals surface area contributed by atoms with Gasteiger partial charge in [0.05, 0.1) is 17.4 Å². The maximum atomic E-state index is 6.34. The van der Waals surface area contributed by atoms with E-state index in [1.54, 1.807) is 0 Å². The highest BCUT2D eigenvalue weighted by molar-refractivity contribution is 6.03. The van der Waals surface area contributed by atoms with Gasteiger partial charge in [-0.2, -0.15) is 5.10 Å². The quantitative estimate of drug-likeness (QED) is 0.394. The third-order valence-electron chi connectivity index (χ3n) is 6.02. The van der Waals surface area contributed by atoms with E-state index in [4.69, 9.17) is 10.5 Å². The van der Waals surface area contributed by atoms with Crippen LogP contribution in [0.2, 0.25) is 0 Å². The van der Waals surface area contributed by atoms with Crippen LogP contribution in [0.5, 0.6) is 5.75 Å². The molecule has 0 bridgehead atoms. The minimum Gasteiger partial charge on any atom is -0.487 e. The van der Waals surface area contributed by atoms with E-state index >= 15 is 0 Å². The number of ether oxygens (including phenoxy) is 1. The molecule has 0 atom stereocenters. The van der Waals surface area contributed by atoms with E-state index < -0.39 is 0 Å². The smallest absolute Gasteiger partial charge is 0.131 e. The first-order valence-electron chi connectivity index (χ1n) is 11.2. The number of rotatable bonds is 4. The second-order valence-corrected chi connectivity index (χ2v) is 8.61. The highest BCUT2D eigenvalue weighted by atomic mass is 16.5. The van der Waals surface area contributed by atoms with Crippen molar-refractivity contribution in [1.29, 1.82) is 0 Å². The molecule has 0 aliphatic carbocycles. The largest absolute Gasteiger partial charge is 0.487 e. The molecule has 0 saturated carbocycles. The Balaban J connectivity index is 1.86. The normalized spacial score (nSPS) is 14.6. The van der Waals surface area contributed by atoms with Gasteiger partial charge < -0.3 is 10.5 Å². The molecule has 3 heterocycles. The maximum absolute atomic E-state index is 6.34. The number of nitrogen functional groups attached to an aromatic ring is 1. The Bertz CT molecular complexity index is 1330. The minimum absolute atomic E-state index is 0.271. The molecule has 1 aliphatic rings. The molecule has 5 rings (SSSR count). The van der Waals surface area contributed by atoms with E-state index in [-0.39, 0.29) is 6.04 Å². The summed E-state index contributed by atoms with van der Waals surface area (Å²) in [6.45, 7) is 6.93. The highest BCUT2D eigenvalue weighted by Gasteiger charge is 2.25.